The smallest absolute Gasteiger partial charge is 0.323 e. The largest absolute Gasteiger partial charge is 0.480 e. The Balaban J connectivity index is 3.79. The molecule has 0 saturated carbocycles. The minimum absolute atomic E-state index is 0.543. The van der Waals surface area contributed by atoms with Crippen LogP contribution in [0.25, 0.3) is 0 Å². The van der Waals surface area contributed by atoms with Crippen LogP contribution < -0.4 is 5.73 Å². The first-order chi connectivity index (χ1) is 7.79. The van der Waals surface area contributed by atoms with E-state index in [0.717, 1.165) is 32.5 Å². The van der Waals surface area contributed by atoms with Crippen molar-refractivity contribution in [2.75, 3.05) is 19.6 Å². The minimum atomic E-state index is -1.07. The van der Waals surface area contributed by atoms with Crippen LogP contribution in [-0.2, 0) is 4.79 Å². The van der Waals surface area contributed by atoms with Crippen molar-refractivity contribution >= 4 is 5.97 Å². The summed E-state index contributed by atoms with van der Waals surface area (Å²) in [6.07, 6.45) is 2.43. The number of carboxylic acids is 1. The van der Waals surface area contributed by atoms with Crippen LogP contribution in [0.15, 0.2) is 0 Å². The summed E-state index contributed by atoms with van der Waals surface area (Å²) in [4.78, 5) is 13.2. The molecule has 102 valence electrons. The molecule has 0 aliphatic rings. The van der Waals surface area contributed by atoms with E-state index in [1.807, 2.05) is 0 Å². The number of hydrogen-bond donors (Lipinski definition) is 2. The van der Waals surface area contributed by atoms with Crippen molar-refractivity contribution in [3.63, 3.8) is 0 Å². The molecule has 1 unspecified atom stereocenters. The van der Waals surface area contributed by atoms with Gasteiger partial charge >= 0.3 is 5.97 Å². The number of carbonyl (C=O) groups is 1. The highest BCUT2D eigenvalue weighted by molar-refractivity contribution is 5.77. The zero-order chi connectivity index (χ0) is 13.5. The Labute approximate surface area is 105 Å². The molecule has 0 radical (unpaired) electrons. The van der Waals surface area contributed by atoms with E-state index in [2.05, 4.69) is 25.7 Å². The third-order valence-corrected chi connectivity index (χ3v) is 2.98. The molecule has 0 spiro atoms. The van der Waals surface area contributed by atoms with Crippen LogP contribution in [0.1, 0.15) is 47.0 Å². The van der Waals surface area contributed by atoms with Gasteiger partial charge in [-0.1, -0.05) is 20.8 Å². The molecular weight excluding hydrogens is 216 g/mol. The molecule has 17 heavy (non-hydrogen) atoms. The Morgan fingerprint density at radius 3 is 2.41 bits per heavy atom. The summed E-state index contributed by atoms with van der Waals surface area (Å²) in [5, 5.41) is 8.88. The first kappa shape index (κ1) is 16.4. The first-order valence-electron chi connectivity index (χ1n) is 6.54. The molecule has 0 fully saturated rings. The summed E-state index contributed by atoms with van der Waals surface area (Å²) in [5.74, 6) is -0.235. The van der Waals surface area contributed by atoms with E-state index < -0.39 is 11.5 Å². The number of aliphatic carboxylic acids is 1. The van der Waals surface area contributed by atoms with Gasteiger partial charge in [-0.3, -0.25) is 4.79 Å². The molecule has 0 aromatic rings. The van der Waals surface area contributed by atoms with Gasteiger partial charge in [-0.15, -0.1) is 0 Å². The lowest BCUT2D eigenvalue weighted by Gasteiger charge is -2.23. The summed E-state index contributed by atoms with van der Waals surface area (Å²) < 4.78 is 0. The van der Waals surface area contributed by atoms with Gasteiger partial charge in [0.2, 0.25) is 0 Å². The summed E-state index contributed by atoms with van der Waals surface area (Å²) in [7, 11) is 0. The Morgan fingerprint density at radius 2 is 2.00 bits per heavy atom. The van der Waals surface area contributed by atoms with E-state index in [4.69, 9.17) is 10.8 Å². The molecular formula is C13H28N2O2. The van der Waals surface area contributed by atoms with Crippen LogP contribution in [0.5, 0.6) is 0 Å². The predicted molar refractivity (Wildman–Crippen MR) is 71.0 cm³/mol. The average molecular weight is 244 g/mol. The lowest BCUT2D eigenvalue weighted by atomic mass is 9.96. The topological polar surface area (TPSA) is 66.6 Å². The molecule has 0 heterocycles. The van der Waals surface area contributed by atoms with Crippen molar-refractivity contribution in [2.45, 2.75) is 52.5 Å². The Morgan fingerprint density at radius 1 is 1.41 bits per heavy atom. The van der Waals surface area contributed by atoms with Crippen LogP contribution in [0.3, 0.4) is 0 Å². The molecule has 0 aliphatic carbocycles. The van der Waals surface area contributed by atoms with Gasteiger partial charge in [-0.25, -0.2) is 0 Å². The van der Waals surface area contributed by atoms with Crippen LogP contribution in [0.4, 0.5) is 0 Å². The lowest BCUT2D eigenvalue weighted by Crippen LogP contribution is -2.44. The van der Waals surface area contributed by atoms with Crippen molar-refractivity contribution in [2.24, 2.45) is 11.7 Å². The van der Waals surface area contributed by atoms with Crippen LogP contribution >= 0.6 is 0 Å². The van der Waals surface area contributed by atoms with Gasteiger partial charge in [0.05, 0.1) is 0 Å². The van der Waals surface area contributed by atoms with E-state index in [1.165, 1.54) is 0 Å². The molecule has 0 rings (SSSR count). The van der Waals surface area contributed by atoms with Gasteiger partial charge in [0.15, 0.2) is 0 Å². The Kier molecular flexibility index (Phi) is 7.39. The van der Waals surface area contributed by atoms with E-state index in [9.17, 15) is 4.79 Å². The molecule has 0 aromatic carbocycles. The summed E-state index contributed by atoms with van der Waals surface area (Å²) in [6, 6.07) is 0. The van der Waals surface area contributed by atoms with Gasteiger partial charge < -0.3 is 15.7 Å². The molecule has 0 aromatic heterocycles. The highest BCUT2D eigenvalue weighted by Crippen LogP contribution is 2.11. The third-order valence-electron chi connectivity index (χ3n) is 2.98. The zero-order valence-electron chi connectivity index (χ0n) is 11.7. The monoisotopic (exact) mass is 244 g/mol. The molecule has 0 saturated heterocycles. The maximum absolute atomic E-state index is 10.8. The summed E-state index contributed by atoms with van der Waals surface area (Å²) in [6.45, 7) is 11.4. The van der Waals surface area contributed by atoms with Gasteiger partial charge in [0, 0.05) is 6.54 Å². The first-order valence-corrected chi connectivity index (χ1v) is 6.54. The second-order valence-electron chi connectivity index (χ2n) is 5.47. The van der Waals surface area contributed by atoms with E-state index in [-0.39, 0.29) is 0 Å². The lowest BCUT2D eigenvalue weighted by molar-refractivity contribution is -0.142. The molecule has 4 heteroatoms. The normalized spacial score (nSPS) is 15.2. The number of unbranched alkanes of at least 4 members (excludes halogenated alkanes) is 1. The zero-order valence-corrected chi connectivity index (χ0v) is 11.7. The highest BCUT2D eigenvalue weighted by Gasteiger charge is 2.26. The fourth-order valence-corrected chi connectivity index (χ4v) is 1.83. The number of carboxylic acid groups (broad SMARTS) is 1. The molecule has 0 bridgehead atoms. The molecule has 0 aliphatic heterocycles. The van der Waals surface area contributed by atoms with Gasteiger partial charge in [0.1, 0.15) is 5.54 Å². The Bertz CT molecular complexity index is 227. The number of nitrogens with two attached hydrogens (primary N) is 1. The van der Waals surface area contributed by atoms with Gasteiger partial charge in [0.25, 0.3) is 0 Å². The fourth-order valence-electron chi connectivity index (χ4n) is 1.83. The standard InChI is InChI=1S/C13H28N2O2/c1-5-15(10-11(2)3)9-7-6-8-13(4,14)12(16)17/h11H,5-10,14H2,1-4H3,(H,16,17). The second-order valence-corrected chi connectivity index (χ2v) is 5.47. The molecule has 1 atom stereocenters. The maximum atomic E-state index is 10.8. The highest BCUT2D eigenvalue weighted by atomic mass is 16.4. The van der Waals surface area contributed by atoms with E-state index >= 15 is 0 Å². The van der Waals surface area contributed by atoms with Crippen molar-refractivity contribution in [3.05, 3.63) is 0 Å². The van der Waals surface area contributed by atoms with Crippen molar-refractivity contribution < 1.29 is 9.90 Å². The molecule has 3 N–H and O–H groups in total. The predicted octanol–water partition coefficient (Wildman–Crippen LogP) is 1.94. The average Bonchev–Trinajstić information content (AvgIpc) is 2.21. The number of rotatable bonds is 9. The molecule has 4 nitrogen and oxygen atoms in total. The van der Waals surface area contributed by atoms with E-state index in [0.29, 0.717) is 12.3 Å². The number of hydrogen-bond acceptors (Lipinski definition) is 3. The van der Waals surface area contributed by atoms with Crippen molar-refractivity contribution in [1.82, 2.24) is 4.90 Å². The summed E-state index contributed by atoms with van der Waals surface area (Å²) in [5.41, 5.74) is 4.60. The minimum Gasteiger partial charge on any atom is -0.480 e. The van der Waals surface area contributed by atoms with Crippen molar-refractivity contribution in [3.8, 4) is 0 Å². The molecule has 0 amide bonds. The SMILES string of the molecule is CCN(CCCCC(C)(N)C(=O)O)CC(C)C. The maximum Gasteiger partial charge on any atom is 0.323 e. The van der Waals surface area contributed by atoms with Crippen molar-refractivity contribution in [1.29, 1.82) is 0 Å². The van der Waals surface area contributed by atoms with Gasteiger partial charge in [-0.05, 0) is 45.2 Å². The Hall–Kier alpha value is -0.610. The van der Waals surface area contributed by atoms with Crippen LogP contribution in [-0.4, -0.2) is 41.1 Å². The third kappa shape index (κ3) is 7.34. The quantitative estimate of drug-likeness (QED) is 0.608. The van der Waals surface area contributed by atoms with Crippen LogP contribution in [0, 0.1) is 5.92 Å². The second kappa shape index (κ2) is 7.67. The number of nitrogens with zero attached hydrogens (tertiary/aromatic N) is 1. The van der Waals surface area contributed by atoms with Gasteiger partial charge in [-0.2, -0.15) is 0 Å². The van der Waals surface area contributed by atoms with E-state index in [1.54, 1.807) is 6.92 Å². The fraction of sp³-hybridized carbons (Fsp3) is 0.923. The summed E-state index contributed by atoms with van der Waals surface area (Å²) >= 11 is 0. The van der Waals surface area contributed by atoms with Crippen LogP contribution in [0.2, 0.25) is 0 Å².